The van der Waals surface area contributed by atoms with E-state index < -0.39 is 0 Å². The van der Waals surface area contributed by atoms with Crippen LogP contribution < -0.4 is 5.73 Å². The second-order valence-corrected chi connectivity index (χ2v) is 4.85. The third-order valence-corrected chi connectivity index (χ3v) is 3.39. The van der Waals surface area contributed by atoms with E-state index in [0.29, 0.717) is 0 Å². The van der Waals surface area contributed by atoms with E-state index in [4.69, 9.17) is 5.73 Å². The number of hydrogen-bond acceptors (Lipinski definition) is 2. The first-order valence-electron chi connectivity index (χ1n) is 6.11. The van der Waals surface area contributed by atoms with E-state index in [9.17, 15) is 0 Å². The summed E-state index contributed by atoms with van der Waals surface area (Å²) in [5, 5.41) is 0. The summed E-state index contributed by atoms with van der Waals surface area (Å²) in [7, 11) is 0. The van der Waals surface area contributed by atoms with Gasteiger partial charge in [-0.1, -0.05) is 29.8 Å². The van der Waals surface area contributed by atoms with Crippen LogP contribution in [0.2, 0.25) is 0 Å². The van der Waals surface area contributed by atoms with Crippen molar-refractivity contribution in [2.75, 3.05) is 0 Å². The van der Waals surface area contributed by atoms with Crippen LogP contribution in [-0.4, -0.2) is 15.6 Å². The lowest BCUT2D eigenvalue weighted by Gasteiger charge is -2.18. The fourth-order valence-corrected chi connectivity index (χ4v) is 2.32. The lowest BCUT2D eigenvalue weighted by atomic mass is 10.1. The van der Waals surface area contributed by atoms with Crippen molar-refractivity contribution in [1.82, 2.24) is 9.55 Å². The van der Waals surface area contributed by atoms with Crippen molar-refractivity contribution in [3.05, 3.63) is 41.9 Å². The van der Waals surface area contributed by atoms with Gasteiger partial charge in [-0.3, -0.25) is 0 Å². The Morgan fingerprint density at radius 1 is 1.28 bits per heavy atom. The number of rotatable bonds is 1. The average molecular weight is 264 g/mol. The molecule has 1 unspecified atom stereocenters. The molecule has 1 aromatic heterocycles. The normalized spacial score (nSPS) is 18.0. The van der Waals surface area contributed by atoms with E-state index in [1.54, 1.807) is 0 Å². The van der Waals surface area contributed by atoms with Gasteiger partial charge in [0.25, 0.3) is 0 Å². The quantitative estimate of drug-likeness (QED) is 0.859. The Balaban J connectivity index is 0.00000120. The van der Waals surface area contributed by atoms with Crippen molar-refractivity contribution in [2.45, 2.75) is 32.4 Å². The van der Waals surface area contributed by atoms with Gasteiger partial charge >= 0.3 is 0 Å². The maximum absolute atomic E-state index is 5.96. The van der Waals surface area contributed by atoms with E-state index in [-0.39, 0.29) is 18.4 Å². The zero-order valence-corrected chi connectivity index (χ0v) is 11.3. The SMILES string of the molecule is Cc1ccc(-c2cn3c(n2)CC(N)CC3)cc1.Cl. The molecule has 1 aliphatic heterocycles. The molecule has 96 valence electrons. The zero-order valence-electron chi connectivity index (χ0n) is 10.5. The van der Waals surface area contributed by atoms with Crippen LogP contribution in [0.25, 0.3) is 11.3 Å². The molecule has 0 fully saturated rings. The van der Waals surface area contributed by atoms with E-state index in [2.05, 4.69) is 46.9 Å². The summed E-state index contributed by atoms with van der Waals surface area (Å²) in [6.45, 7) is 3.09. The van der Waals surface area contributed by atoms with Crippen LogP contribution in [0.5, 0.6) is 0 Å². The number of hydrogen-bond donors (Lipinski definition) is 1. The van der Waals surface area contributed by atoms with Crippen LogP contribution in [0.15, 0.2) is 30.5 Å². The Morgan fingerprint density at radius 3 is 2.72 bits per heavy atom. The maximum atomic E-state index is 5.96. The molecule has 3 nitrogen and oxygen atoms in total. The molecule has 0 bridgehead atoms. The van der Waals surface area contributed by atoms with E-state index in [1.165, 1.54) is 11.1 Å². The van der Waals surface area contributed by atoms with Gasteiger partial charge in [-0.05, 0) is 13.3 Å². The van der Waals surface area contributed by atoms with Gasteiger partial charge in [-0.15, -0.1) is 12.4 Å². The summed E-state index contributed by atoms with van der Waals surface area (Å²) in [5.41, 5.74) is 9.49. The molecular weight excluding hydrogens is 246 g/mol. The standard InChI is InChI=1S/C14H17N3.ClH/c1-10-2-4-11(5-3-10)13-9-17-7-6-12(15)8-14(17)16-13;/h2-5,9,12H,6-8,15H2,1H3;1H. The Hall–Kier alpha value is -1.32. The minimum atomic E-state index is 0. The monoisotopic (exact) mass is 263 g/mol. The van der Waals surface area contributed by atoms with Gasteiger partial charge in [0.2, 0.25) is 0 Å². The third kappa shape index (κ3) is 2.42. The Bertz CT molecular complexity index is 530. The van der Waals surface area contributed by atoms with Crippen LogP contribution in [0.3, 0.4) is 0 Å². The molecule has 1 aliphatic rings. The molecule has 18 heavy (non-hydrogen) atoms. The number of aromatic nitrogens is 2. The van der Waals surface area contributed by atoms with Crippen molar-refractivity contribution >= 4 is 12.4 Å². The van der Waals surface area contributed by atoms with Crippen LogP contribution in [0.4, 0.5) is 0 Å². The van der Waals surface area contributed by atoms with Gasteiger partial charge in [0.05, 0.1) is 5.69 Å². The average Bonchev–Trinajstić information content (AvgIpc) is 2.72. The fraction of sp³-hybridized carbons (Fsp3) is 0.357. The van der Waals surface area contributed by atoms with Gasteiger partial charge < -0.3 is 10.3 Å². The molecule has 0 saturated heterocycles. The first-order chi connectivity index (χ1) is 8.22. The molecule has 4 heteroatoms. The largest absolute Gasteiger partial charge is 0.334 e. The Morgan fingerprint density at radius 2 is 2.00 bits per heavy atom. The number of nitrogens with zero attached hydrogens (tertiary/aromatic N) is 2. The van der Waals surface area contributed by atoms with Crippen molar-refractivity contribution < 1.29 is 0 Å². The molecule has 0 saturated carbocycles. The number of halogens is 1. The molecule has 3 rings (SSSR count). The molecule has 2 heterocycles. The van der Waals surface area contributed by atoms with Crippen molar-refractivity contribution in [1.29, 1.82) is 0 Å². The summed E-state index contributed by atoms with van der Waals surface area (Å²) >= 11 is 0. The molecule has 1 aromatic carbocycles. The highest BCUT2D eigenvalue weighted by molar-refractivity contribution is 5.85. The van der Waals surface area contributed by atoms with Crippen molar-refractivity contribution in [2.24, 2.45) is 5.73 Å². The van der Waals surface area contributed by atoms with E-state index in [0.717, 1.165) is 30.9 Å². The van der Waals surface area contributed by atoms with Gasteiger partial charge in [-0.2, -0.15) is 0 Å². The number of nitrogens with two attached hydrogens (primary N) is 1. The lowest BCUT2D eigenvalue weighted by molar-refractivity contribution is 0.463. The molecule has 1 atom stereocenters. The highest BCUT2D eigenvalue weighted by Crippen LogP contribution is 2.22. The zero-order chi connectivity index (χ0) is 11.8. The summed E-state index contributed by atoms with van der Waals surface area (Å²) in [5.74, 6) is 1.12. The van der Waals surface area contributed by atoms with Gasteiger partial charge in [0.15, 0.2) is 0 Å². The van der Waals surface area contributed by atoms with Crippen LogP contribution >= 0.6 is 12.4 Å². The summed E-state index contributed by atoms with van der Waals surface area (Å²) in [6, 6.07) is 8.78. The number of aryl methyl sites for hydroxylation is 2. The van der Waals surface area contributed by atoms with E-state index >= 15 is 0 Å². The van der Waals surface area contributed by atoms with Crippen LogP contribution in [0.1, 0.15) is 17.8 Å². The highest BCUT2D eigenvalue weighted by atomic mass is 35.5. The number of imidazole rings is 1. The first kappa shape index (κ1) is 13.1. The molecule has 0 aliphatic carbocycles. The summed E-state index contributed by atoms with van der Waals surface area (Å²) < 4.78 is 2.23. The first-order valence-corrected chi connectivity index (χ1v) is 6.11. The Labute approximate surface area is 113 Å². The summed E-state index contributed by atoms with van der Waals surface area (Å²) in [4.78, 5) is 4.68. The molecule has 0 spiro atoms. The molecule has 0 radical (unpaired) electrons. The predicted octanol–water partition coefficient (Wildman–Crippen LogP) is 2.55. The molecular formula is C14H18ClN3. The van der Waals surface area contributed by atoms with Crippen LogP contribution in [-0.2, 0) is 13.0 Å². The van der Waals surface area contributed by atoms with Crippen molar-refractivity contribution in [3.63, 3.8) is 0 Å². The second kappa shape index (κ2) is 5.12. The second-order valence-electron chi connectivity index (χ2n) is 4.85. The molecule has 0 amide bonds. The summed E-state index contributed by atoms with van der Waals surface area (Å²) in [6.07, 6.45) is 4.09. The number of benzene rings is 1. The third-order valence-electron chi connectivity index (χ3n) is 3.39. The number of fused-ring (bicyclic) bond motifs is 1. The predicted molar refractivity (Wildman–Crippen MR) is 75.9 cm³/mol. The topological polar surface area (TPSA) is 43.8 Å². The van der Waals surface area contributed by atoms with Gasteiger partial charge in [0, 0.05) is 30.8 Å². The lowest BCUT2D eigenvalue weighted by Crippen LogP contribution is -2.30. The van der Waals surface area contributed by atoms with Gasteiger partial charge in [-0.25, -0.2) is 4.98 Å². The van der Waals surface area contributed by atoms with E-state index in [1.807, 2.05) is 0 Å². The highest BCUT2D eigenvalue weighted by Gasteiger charge is 2.17. The molecule has 2 aromatic rings. The van der Waals surface area contributed by atoms with Gasteiger partial charge in [0.1, 0.15) is 5.82 Å². The van der Waals surface area contributed by atoms with Crippen molar-refractivity contribution in [3.8, 4) is 11.3 Å². The Kier molecular flexibility index (Phi) is 3.73. The minimum Gasteiger partial charge on any atom is -0.334 e. The fourth-order valence-electron chi connectivity index (χ4n) is 2.32. The molecule has 2 N–H and O–H groups in total. The van der Waals surface area contributed by atoms with Crippen LogP contribution in [0, 0.1) is 6.92 Å². The maximum Gasteiger partial charge on any atom is 0.110 e. The minimum absolute atomic E-state index is 0. The smallest absolute Gasteiger partial charge is 0.110 e.